The van der Waals surface area contributed by atoms with Gasteiger partial charge in [-0.05, 0) is 56.2 Å². The molecule has 0 radical (unpaired) electrons. The molecule has 21 heavy (non-hydrogen) atoms. The second kappa shape index (κ2) is 5.76. The van der Waals surface area contributed by atoms with Gasteiger partial charge in [-0.15, -0.1) is 0 Å². The summed E-state index contributed by atoms with van der Waals surface area (Å²) < 4.78 is 13.3. The number of nitrogens with zero attached hydrogens (tertiary/aromatic N) is 1. The van der Waals surface area contributed by atoms with Crippen LogP contribution in [0, 0.1) is 11.7 Å². The molecule has 3 rings (SSSR count). The van der Waals surface area contributed by atoms with E-state index in [4.69, 9.17) is 0 Å². The van der Waals surface area contributed by atoms with Crippen LogP contribution in [0.25, 0.3) is 0 Å². The lowest BCUT2D eigenvalue weighted by atomic mass is 9.97. The molecular weight excluding hydrogens is 269 g/mol. The minimum absolute atomic E-state index is 0.0360. The van der Waals surface area contributed by atoms with Crippen molar-refractivity contribution in [2.24, 2.45) is 5.92 Å². The molecule has 4 atom stereocenters. The third-order valence-electron chi connectivity index (χ3n) is 4.77. The molecule has 1 aromatic rings. The van der Waals surface area contributed by atoms with Gasteiger partial charge >= 0.3 is 0 Å². The molecule has 1 aliphatic heterocycles. The number of carbonyl (C=O) groups excluding carboxylic acids is 1. The number of amides is 1. The Bertz CT molecular complexity index is 531. The molecule has 114 valence electrons. The van der Waals surface area contributed by atoms with Crippen LogP contribution in [0.4, 0.5) is 4.39 Å². The minimum Gasteiger partial charge on any atom is -0.391 e. The molecule has 1 saturated carbocycles. The summed E-state index contributed by atoms with van der Waals surface area (Å²) >= 11 is 0. The number of carbonyl (C=O) groups is 1. The molecule has 2 aliphatic rings. The number of aliphatic hydroxyl groups is 1. The van der Waals surface area contributed by atoms with Gasteiger partial charge in [0.25, 0.3) is 0 Å². The Hall–Kier alpha value is -1.42. The molecule has 1 N–H and O–H groups in total. The highest BCUT2D eigenvalue weighted by molar-refractivity contribution is 5.83. The molecular formula is C17H22FNO2. The molecule has 1 aromatic carbocycles. The number of halogens is 1. The fourth-order valence-electron chi connectivity index (χ4n) is 3.52. The first kappa shape index (κ1) is 14.5. The number of aliphatic hydroxyl groups excluding tert-OH is 1. The van der Waals surface area contributed by atoms with Gasteiger partial charge in [0, 0.05) is 12.5 Å². The number of hydrogen-bond acceptors (Lipinski definition) is 2. The van der Waals surface area contributed by atoms with Gasteiger partial charge in [0.1, 0.15) is 5.82 Å². The Morgan fingerprint density at radius 3 is 2.95 bits per heavy atom. The van der Waals surface area contributed by atoms with Crippen molar-refractivity contribution >= 4 is 5.91 Å². The van der Waals surface area contributed by atoms with Crippen molar-refractivity contribution < 1.29 is 14.3 Å². The number of benzene rings is 1. The topological polar surface area (TPSA) is 40.5 Å². The first-order chi connectivity index (χ1) is 10.1. The van der Waals surface area contributed by atoms with Gasteiger partial charge in [0.2, 0.25) is 5.91 Å². The summed E-state index contributed by atoms with van der Waals surface area (Å²) in [6, 6.07) is 6.49. The van der Waals surface area contributed by atoms with Crippen LogP contribution in [0.2, 0.25) is 0 Å². The molecule has 3 nitrogen and oxygen atoms in total. The predicted molar refractivity (Wildman–Crippen MR) is 78.3 cm³/mol. The molecule has 4 unspecified atom stereocenters. The third-order valence-corrected chi connectivity index (χ3v) is 4.77. The van der Waals surface area contributed by atoms with E-state index in [0.717, 1.165) is 37.8 Å². The van der Waals surface area contributed by atoms with Crippen LogP contribution in [0.15, 0.2) is 24.3 Å². The lowest BCUT2D eigenvalue weighted by molar-refractivity contribution is -0.139. The maximum atomic E-state index is 13.3. The normalized spacial score (nSPS) is 30.0. The Morgan fingerprint density at radius 1 is 1.43 bits per heavy atom. The fourth-order valence-corrected chi connectivity index (χ4v) is 3.52. The first-order valence-corrected chi connectivity index (χ1v) is 7.82. The molecule has 1 aliphatic carbocycles. The third kappa shape index (κ3) is 2.95. The Morgan fingerprint density at radius 2 is 2.24 bits per heavy atom. The molecule has 4 heteroatoms. The molecule has 2 fully saturated rings. The van der Waals surface area contributed by atoms with Gasteiger partial charge in [0.05, 0.1) is 12.1 Å². The lowest BCUT2D eigenvalue weighted by Crippen LogP contribution is -2.49. The van der Waals surface area contributed by atoms with Gasteiger partial charge in [0.15, 0.2) is 0 Å². The maximum Gasteiger partial charge on any atom is 0.226 e. The van der Waals surface area contributed by atoms with Crippen molar-refractivity contribution in [2.75, 3.05) is 6.54 Å². The second-order valence-electron chi connectivity index (χ2n) is 6.34. The van der Waals surface area contributed by atoms with Crippen molar-refractivity contribution in [3.63, 3.8) is 0 Å². The largest absolute Gasteiger partial charge is 0.391 e. The van der Waals surface area contributed by atoms with Crippen LogP contribution >= 0.6 is 0 Å². The minimum atomic E-state index is -0.486. The average molecular weight is 291 g/mol. The van der Waals surface area contributed by atoms with Crippen molar-refractivity contribution in [1.29, 1.82) is 0 Å². The monoisotopic (exact) mass is 291 g/mol. The van der Waals surface area contributed by atoms with Gasteiger partial charge < -0.3 is 10.0 Å². The van der Waals surface area contributed by atoms with E-state index in [0.29, 0.717) is 0 Å². The lowest BCUT2D eigenvalue weighted by Gasteiger charge is -2.37. The zero-order chi connectivity index (χ0) is 15.0. The number of likely N-dealkylation sites (tertiary alicyclic amines) is 1. The van der Waals surface area contributed by atoms with E-state index in [1.807, 2.05) is 11.0 Å². The molecule has 0 aromatic heterocycles. The highest BCUT2D eigenvalue weighted by atomic mass is 19.1. The molecule has 1 amide bonds. The standard InChI is InChI=1S/C17H22FNO2/c1-11(20)16-7-2-3-8-19(16)17(21)15-10-14(15)12-5-4-6-13(18)9-12/h4-6,9,11,14-16,20H,2-3,7-8,10H2,1H3. The number of hydrogen-bond donors (Lipinski definition) is 1. The van der Waals surface area contributed by atoms with E-state index in [-0.39, 0.29) is 29.6 Å². The smallest absolute Gasteiger partial charge is 0.226 e. The predicted octanol–water partition coefficient (Wildman–Crippen LogP) is 2.69. The van der Waals surface area contributed by atoms with Crippen LogP contribution < -0.4 is 0 Å². The summed E-state index contributed by atoms with van der Waals surface area (Å²) in [6.45, 7) is 2.49. The van der Waals surface area contributed by atoms with Crippen LogP contribution in [0.1, 0.15) is 44.1 Å². The Labute approximate surface area is 124 Å². The van der Waals surface area contributed by atoms with Gasteiger partial charge in [-0.25, -0.2) is 4.39 Å². The summed E-state index contributed by atoms with van der Waals surface area (Å²) in [5.74, 6) is -0.00350. The van der Waals surface area contributed by atoms with Crippen LogP contribution in [0.3, 0.4) is 0 Å². The van der Waals surface area contributed by atoms with Gasteiger partial charge in [-0.3, -0.25) is 4.79 Å². The van der Waals surface area contributed by atoms with E-state index < -0.39 is 6.10 Å². The van der Waals surface area contributed by atoms with Gasteiger partial charge in [-0.1, -0.05) is 12.1 Å². The highest BCUT2D eigenvalue weighted by Crippen LogP contribution is 2.49. The van der Waals surface area contributed by atoms with E-state index in [9.17, 15) is 14.3 Å². The summed E-state index contributed by atoms with van der Waals surface area (Å²) in [5, 5.41) is 9.87. The second-order valence-corrected chi connectivity index (χ2v) is 6.34. The van der Waals surface area contributed by atoms with Crippen molar-refractivity contribution in [1.82, 2.24) is 4.90 Å². The molecule has 1 heterocycles. The zero-order valence-corrected chi connectivity index (χ0v) is 12.3. The van der Waals surface area contributed by atoms with Crippen LogP contribution in [-0.4, -0.2) is 34.6 Å². The number of rotatable bonds is 3. The summed E-state index contributed by atoms with van der Waals surface area (Å²) in [4.78, 5) is 14.5. The summed E-state index contributed by atoms with van der Waals surface area (Å²) in [6.07, 6.45) is 3.26. The van der Waals surface area contributed by atoms with E-state index in [1.54, 1.807) is 13.0 Å². The van der Waals surface area contributed by atoms with Crippen molar-refractivity contribution in [3.8, 4) is 0 Å². The average Bonchev–Trinajstić information content (AvgIpc) is 3.27. The summed E-state index contributed by atoms with van der Waals surface area (Å²) in [7, 11) is 0. The van der Waals surface area contributed by atoms with Crippen molar-refractivity contribution in [3.05, 3.63) is 35.6 Å². The fraction of sp³-hybridized carbons (Fsp3) is 0.588. The quantitative estimate of drug-likeness (QED) is 0.930. The molecule has 0 bridgehead atoms. The Kier molecular flexibility index (Phi) is 3.98. The van der Waals surface area contributed by atoms with E-state index >= 15 is 0 Å². The molecule has 0 spiro atoms. The van der Waals surface area contributed by atoms with E-state index in [1.165, 1.54) is 12.1 Å². The van der Waals surface area contributed by atoms with Crippen LogP contribution in [-0.2, 0) is 4.79 Å². The number of piperidine rings is 1. The SMILES string of the molecule is CC(O)C1CCCCN1C(=O)C1CC1c1cccc(F)c1. The Balaban J connectivity index is 1.69. The molecule has 1 saturated heterocycles. The maximum absolute atomic E-state index is 13.3. The summed E-state index contributed by atoms with van der Waals surface area (Å²) in [5.41, 5.74) is 0.916. The van der Waals surface area contributed by atoms with E-state index in [2.05, 4.69) is 0 Å². The first-order valence-electron chi connectivity index (χ1n) is 7.82. The zero-order valence-electron chi connectivity index (χ0n) is 12.3. The van der Waals surface area contributed by atoms with Gasteiger partial charge in [-0.2, -0.15) is 0 Å². The van der Waals surface area contributed by atoms with Crippen LogP contribution in [0.5, 0.6) is 0 Å². The van der Waals surface area contributed by atoms with Crippen molar-refractivity contribution in [2.45, 2.75) is 50.7 Å². The highest BCUT2D eigenvalue weighted by Gasteiger charge is 2.47.